The van der Waals surface area contributed by atoms with Crippen molar-refractivity contribution < 1.29 is 18.0 Å². The molecule has 2 amide bonds. The second kappa shape index (κ2) is 8.30. The smallest absolute Gasteiger partial charge is 0.243 e. The molecule has 1 N–H and O–H groups in total. The Bertz CT molecular complexity index is 928. The fourth-order valence-electron chi connectivity index (χ4n) is 4.32. The number of hydrogen-bond donors (Lipinski definition) is 1. The first-order valence-electron chi connectivity index (χ1n) is 10.6. The predicted molar refractivity (Wildman–Crippen MR) is 115 cm³/mol. The summed E-state index contributed by atoms with van der Waals surface area (Å²) in [5, 5.41) is 3.04. The molecule has 2 heterocycles. The van der Waals surface area contributed by atoms with E-state index >= 15 is 0 Å². The number of likely N-dealkylation sites (tertiary alicyclic amines) is 1. The zero-order chi connectivity index (χ0) is 22.3. The quantitative estimate of drug-likeness (QED) is 0.786. The minimum atomic E-state index is -3.54. The number of aryl methyl sites for hydroxylation is 2. The van der Waals surface area contributed by atoms with E-state index in [1.54, 1.807) is 11.0 Å². The lowest BCUT2D eigenvalue weighted by molar-refractivity contribution is -0.132. The Labute approximate surface area is 179 Å². The van der Waals surface area contributed by atoms with Crippen LogP contribution in [0.25, 0.3) is 0 Å². The van der Waals surface area contributed by atoms with Gasteiger partial charge < -0.3 is 10.2 Å². The third kappa shape index (κ3) is 4.70. The van der Waals surface area contributed by atoms with Crippen LogP contribution in [0.15, 0.2) is 23.1 Å². The van der Waals surface area contributed by atoms with E-state index in [4.69, 9.17) is 0 Å². The van der Waals surface area contributed by atoms with Gasteiger partial charge in [0.05, 0.1) is 10.8 Å². The minimum Gasteiger partial charge on any atom is -0.353 e. The molecule has 2 aliphatic heterocycles. The Balaban J connectivity index is 1.57. The molecule has 1 unspecified atom stereocenters. The molecule has 0 aliphatic carbocycles. The van der Waals surface area contributed by atoms with E-state index in [1.165, 1.54) is 4.31 Å². The topological polar surface area (TPSA) is 86.8 Å². The second-order valence-corrected chi connectivity index (χ2v) is 11.4. The standard InChI is InChI=1S/C22H33N3O4S/c1-15-6-7-19(16(2)12-15)30(28,29)24-10-8-18(9-11-24)23-21(27)17-13-20(26)25(14-17)22(3,4)5/h6-7,12,17-18H,8-11,13-14H2,1-5H3,(H,23,27). The van der Waals surface area contributed by atoms with Crippen LogP contribution in [0.5, 0.6) is 0 Å². The number of hydrogen-bond acceptors (Lipinski definition) is 4. The van der Waals surface area contributed by atoms with Gasteiger partial charge in [-0.05, 0) is 59.1 Å². The lowest BCUT2D eigenvalue weighted by Gasteiger charge is -2.33. The van der Waals surface area contributed by atoms with Crippen LogP contribution in [0.3, 0.4) is 0 Å². The average molecular weight is 436 g/mol. The second-order valence-electron chi connectivity index (χ2n) is 9.53. The van der Waals surface area contributed by atoms with Crippen molar-refractivity contribution in [1.29, 1.82) is 0 Å². The number of amides is 2. The number of piperidine rings is 1. The van der Waals surface area contributed by atoms with Crippen molar-refractivity contribution in [2.75, 3.05) is 19.6 Å². The van der Waals surface area contributed by atoms with E-state index < -0.39 is 10.0 Å². The van der Waals surface area contributed by atoms with Crippen LogP contribution in [0.2, 0.25) is 0 Å². The van der Waals surface area contributed by atoms with Gasteiger partial charge in [-0.25, -0.2) is 8.42 Å². The summed E-state index contributed by atoms with van der Waals surface area (Å²) in [6, 6.07) is 5.30. The Morgan fingerprint density at radius 3 is 2.30 bits per heavy atom. The predicted octanol–water partition coefficient (Wildman–Crippen LogP) is 2.22. The molecule has 7 nitrogen and oxygen atoms in total. The van der Waals surface area contributed by atoms with E-state index in [2.05, 4.69) is 5.32 Å². The van der Waals surface area contributed by atoms with Crippen molar-refractivity contribution in [2.24, 2.45) is 5.92 Å². The molecule has 0 saturated carbocycles. The number of benzene rings is 1. The van der Waals surface area contributed by atoms with E-state index in [0.717, 1.165) is 11.1 Å². The Morgan fingerprint density at radius 1 is 1.13 bits per heavy atom. The maximum absolute atomic E-state index is 13.0. The van der Waals surface area contributed by atoms with Crippen LogP contribution in [-0.2, 0) is 19.6 Å². The van der Waals surface area contributed by atoms with Gasteiger partial charge in [0.25, 0.3) is 0 Å². The summed E-state index contributed by atoms with van der Waals surface area (Å²) in [6.45, 7) is 10.9. The number of sulfonamides is 1. The summed E-state index contributed by atoms with van der Waals surface area (Å²) < 4.78 is 27.5. The number of carbonyl (C=O) groups is 2. The van der Waals surface area contributed by atoms with Crippen LogP contribution in [0.1, 0.15) is 51.2 Å². The van der Waals surface area contributed by atoms with Gasteiger partial charge in [0.2, 0.25) is 21.8 Å². The highest BCUT2D eigenvalue weighted by molar-refractivity contribution is 7.89. The molecule has 1 aromatic rings. The van der Waals surface area contributed by atoms with Crippen LogP contribution >= 0.6 is 0 Å². The van der Waals surface area contributed by atoms with Gasteiger partial charge >= 0.3 is 0 Å². The van der Waals surface area contributed by atoms with Crippen LogP contribution < -0.4 is 5.32 Å². The third-order valence-electron chi connectivity index (χ3n) is 6.05. The van der Waals surface area contributed by atoms with Gasteiger partial charge in [0, 0.05) is 37.6 Å². The molecule has 0 radical (unpaired) electrons. The molecule has 0 spiro atoms. The van der Waals surface area contributed by atoms with Gasteiger partial charge in [0.15, 0.2) is 0 Å². The van der Waals surface area contributed by atoms with Gasteiger partial charge in [-0.2, -0.15) is 4.31 Å². The SMILES string of the molecule is Cc1ccc(S(=O)(=O)N2CCC(NC(=O)C3CC(=O)N(C(C)(C)C)C3)CC2)c(C)c1. The lowest BCUT2D eigenvalue weighted by Crippen LogP contribution is -2.48. The van der Waals surface area contributed by atoms with Gasteiger partial charge in [-0.1, -0.05) is 17.7 Å². The lowest BCUT2D eigenvalue weighted by atomic mass is 10.0. The van der Waals surface area contributed by atoms with Crippen molar-refractivity contribution in [2.45, 2.75) is 70.4 Å². The van der Waals surface area contributed by atoms with Crippen LogP contribution in [-0.4, -0.2) is 60.7 Å². The zero-order valence-corrected chi connectivity index (χ0v) is 19.4. The van der Waals surface area contributed by atoms with Gasteiger partial charge in [-0.15, -0.1) is 0 Å². The largest absolute Gasteiger partial charge is 0.353 e. The van der Waals surface area contributed by atoms with Crippen molar-refractivity contribution >= 4 is 21.8 Å². The molecular formula is C22H33N3O4S. The first-order valence-corrected chi connectivity index (χ1v) is 12.0. The third-order valence-corrected chi connectivity index (χ3v) is 8.11. The molecule has 2 saturated heterocycles. The normalized spacial score (nSPS) is 21.8. The first kappa shape index (κ1) is 22.7. The molecule has 166 valence electrons. The maximum atomic E-state index is 13.0. The highest BCUT2D eigenvalue weighted by Gasteiger charge is 2.40. The number of nitrogens with zero attached hydrogens (tertiary/aromatic N) is 2. The molecule has 2 fully saturated rings. The van der Waals surface area contributed by atoms with E-state index in [1.807, 2.05) is 46.8 Å². The molecule has 0 aromatic heterocycles. The van der Waals surface area contributed by atoms with Crippen molar-refractivity contribution in [1.82, 2.24) is 14.5 Å². The fourth-order valence-corrected chi connectivity index (χ4v) is 5.99. The molecular weight excluding hydrogens is 402 g/mol. The molecule has 1 atom stereocenters. The Hall–Kier alpha value is -1.93. The van der Waals surface area contributed by atoms with E-state index in [-0.39, 0.29) is 35.7 Å². The van der Waals surface area contributed by atoms with Gasteiger partial charge in [-0.3, -0.25) is 9.59 Å². The molecule has 3 rings (SSSR count). The van der Waals surface area contributed by atoms with Crippen LogP contribution in [0.4, 0.5) is 0 Å². The molecule has 30 heavy (non-hydrogen) atoms. The van der Waals surface area contributed by atoms with Crippen molar-refractivity contribution in [3.05, 3.63) is 29.3 Å². The highest BCUT2D eigenvalue weighted by Crippen LogP contribution is 2.27. The summed E-state index contributed by atoms with van der Waals surface area (Å²) in [5.41, 5.74) is 1.49. The first-order chi connectivity index (χ1) is 13.9. The number of nitrogens with one attached hydrogen (secondary N) is 1. The number of carbonyl (C=O) groups excluding carboxylic acids is 2. The molecule has 0 bridgehead atoms. The molecule has 8 heteroatoms. The average Bonchev–Trinajstić information content (AvgIpc) is 3.04. The maximum Gasteiger partial charge on any atom is 0.243 e. The van der Waals surface area contributed by atoms with E-state index in [0.29, 0.717) is 37.4 Å². The Kier molecular flexibility index (Phi) is 6.30. The summed E-state index contributed by atoms with van der Waals surface area (Å²) in [7, 11) is -3.54. The summed E-state index contributed by atoms with van der Waals surface area (Å²) in [6.07, 6.45) is 1.38. The molecule has 2 aliphatic rings. The monoisotopic (exact) mass is 435 g/mol. The van der Waals surface area contributed by atoms with E-state index in [9.17, 15) is 18.0 Å². The number of rotatable bonds is 4. The van der Waals surface area contributed by atoms with Crippen molar-refractivity contribution in [3.8, 4) is 0 Å². The molecule has 1 aromatic carbocycles. The van der Waals surface area contributed by atoms with Crippen LogP contribution in [0, 0.1) is 19.8 Å². The minimum absolute atomic E-state index is 0.0111. The highest BCUT2D eigenvalue weighted by atomic mass is 32.2. The Morgan fingerprint density at radius 2 is 1.77 bits per heavy atom. The summed E-state index contributed by atoms with van der Waals surface area (Å²) in [5.74, 6) is -0.434. The summed E-state index contributed by atoms with van der Waals surface area (Å²) >= 11 is 0. The van der Waals surface area contributed by atoms with Crippen molar-refractivity contribution in [3.63, 3.8) is 0 Å². The summed E-state index contributed by atoms with van der Waals surface area (Å²) in [4.78, 5) is 27.0. The zero-order valence-electron chi connectivity index (χ0n) is 18.6. The fraction of sp³-hybridized carbons (Fsp3) is 0.636. The van der Waals surface area contributed by atoms with Gasteiger partial charge in [0.1, 0.15) is 0 Å².